The first-order valence-electron chi connectivity index (χ1n) is 12.7. The van der Waals surface area contributed by atoms with Gasteiger partial charge in [0.25, 0.3) is 0 Å². The van der Waals surface area contributed by atoms with E-state index in [4.69, 9.17) is 9.84 Å². The summed E-state index contributed by atoms with van der Waals surface area (Å²) in [5.74, 6) is 2.57. The van der Waals surface area contributed by atoms with Gasteiger partial charge in [-0.15, -0.1) is 15.3 Å². The predicted molar refractivity (Wildman–Crippen MR) is 138 cm³/mol. The fourth-order valence-electron chi connectivity index (χ4n) is 5.43. The summed E-state index contributed by atoms with van der Waals surface area (Å²) in [5, 5.41) is 16.8. The SMILES string of the molecule is COc1ccc(-c2nnc3ccc(N4CCC(C(=O)N[C@@H]5CCCc6ccccc65)CC4)nn23)cc1. The Morgan fingerprint density at radius 2 is 1.78 bits per heavy atom. The molecule has 1 atom stereocenters. The first kappa shape index (κ1) is 22.5. The number of amides is 1. The van der Waals surface area contributed by atoms with Gasteiger partial charge in [0.2, 0.25) is 5.91 Å². The molecule has 4 aromatic rings. The maximum atomic E-state index is 13.1. The van der Waals surface area contributed by atoms with Crippen molar-refractivity contribution in [3.05, 3.63) is 71.8 Å². The summed E-state index contributed by atoms with van der Waals surface area (Å²) in [6, 6.07) is 20.3. The van der Waals surface area contributed by atoms with E-state index in [1.165, 1.54) is 11.1 Å². The number of fused-ring (bicyclic) bond motifs is 2. The average molecular weight is 483 g/mol. The van der Waals surface area contributed by atoms with E-state index in [-0.39, 0.29) is 17.9 Å². The molecule has 1 amide bonds. The van der Waals surface area contributed by atoms with Crippen LogP contribution < -0.4 is 15.0 Å². The van der Waals surface area contributed by atoms with Gasteiger partial charge >= 0.3 is 0 Å². The largest absolute Gasteiger partial charge is 0.497 e. The fraction of sp³-hybridized carbons (Fsp3) is 0.357. The smallest absolute Gasteiger partial charge is 0.223 e. The summed E-state index contributed by atoms with van der Waals surface area (Å²) in [6.07, 6.45) is 4.86. The van der Waals surface area contributed by atoms with Crippen molar-refractivity contribution in [2.24, 2.45) is 5.92 Å². The predicted octanol–water partition coefficient (Wildman–Crippen LogP) is 4.21. The lowest BCUT2D eigenvalue weighted by atomic mass is 9.87. The zero-order chi connectivity index (χ0) is 24.5. The zero-order valence-corrected chi connectivity index (χ0v) is 20.4. The molecule has 2 aliphatic rings. The van der Waals surface area contributed by atoms with Gasteiger partial charge in [-0.3, -0.25) is 4.79 Å². The minimum atomic E-state index is 0.0313. The van der Waals surface area contributed by atoms with E-state index in [9.17, 15) is 4.79 Å². The Morgan fingerprint density at radius 3 is 2.58 bits per heavy atom. The Balaban J connectivity index is 1.13. The second-order valence-corrected chi connectivity index (χ2v) is 9.63. The molecule has 1 aliphatic carbocycles. The number of hydrogen-bond donors (Lipinski definition) is 1. The number of ether oxygens (including phenoxy) is 1. The summed E-state index contributed by atoms with van der Waals surface area (Å²) < 4.78 is 7.05. The second-order valence-electron chi connectivity index (χ2n) is 9.63. The Morgan fingerprint density at radius 1 is 0.972 bits per heavy atom. The third-order valence-corrected chi connectivity index (χ3v) is 7.47. The molecule has 1 fully saturated rings. The van der Waals surface area contributed by atoms with Gasteiger partial charge in [-0.1, -0.05) is 24.3 Å². The van der Waals surface area contributed by atoms with Crippen molar-refractivity contribution in [1.29, 1.82) is 0 Å². The van der Waals surface area contributed by atoms with Crippen LogP contribution in [0.1, 0.15) is 42.9 Å². The minimum absolute atomic E-state index is 0.0313. The van der Waals surface area contributed by atoms with Crippen LogP contribution in [0.25, 0.3) is 17.0 Å². The number of carbonyl (C=O) groups is 1. The number of aryl methyl sites for hydroxylation is 1. The standard InChI is InChI=1S/C28H30N6O2/c1-36-22-11-9-20(10-12-22)27-31-30-25-13-14-26(32-34(25)27)33-17-15-21(16-18-33)28(35)29-24-8-4-6-19-5-2-3-7-23(19)24/h2-3,5,7,9-14,21,24H,4,6,8,15-18H2,1H3,(H,29,35)/t24-/m1/s1. The molecule has 0 bridgehead atoms. The number of methoxy groups -OCH3 is 1. The van der Waals surface area contributed by atoms with Gasteiger partial charge in [0.1, 0.15) is 11.6 Å². The van der Waals surface area contributed by atoms with Crippen molar-refractivity contribution in [3.8, 4) is 17.1 Å². The van der Waals surface area contributed by atoms with Crippen LogP contribution in [0.4, 0.5) is 5.82 Å². The van der Waals surface area contributed by atoms with Crippen molar-refractivity contribution in [3.63, 3.8) is 0 Å². The van der Waals surface area contributed by atoms with Gasteiger partial charge in [-0.2, -0.15) is 4.52 Å². The third kappa shape index (κ3) is 4.27. The molecule has 36 heavy (non-hydrogen) atoms. The fourth-order valence-corrected chi connectivity index (χ4v) is 5.43. The van der Waals surface area contributed by atoms with Gasteiger partial charge in [0, 0.05) is 24.6 Å². The Kier molecular flexibility index (Phi) is 6.01. The number of hydrogen-bond acceptors (Lipinski definition) is 6. The van der Waals surface area contributed by atoms with Crippen LogP contribution in [0.2, 0.25) is 0 Å². The van der Waals surface area contributed by atoms with Crippen molar-refractivity contribution in [1.82, 2.24) is 25.1 Å². The molecule has 3 heterocycles. The highest BCUT2D eigenvalue weighted by atomic mass is 16.5. The molecule has 0 unspecified atom stereocenters. The quantitative estimate of drug-likeness (QED) is 0.459. The van der Waals surface area contributed by atoms with Crippen LogP contribution in [-0.4, -0.2) is 45.9 Å². The molecular formula is C28H30N6O2. The summed E-state index contributed by atoms with van der Waals surface area (Å²) in [5.41, 5.74) is 4.28. The summed E-state index contributed by atoms with van der Waals surface area (Å²) in [4.78, 5) is 15.4. The first-order valence-corrected chi connectivity index (χ1v) is 12.7. The first-order chi connectivity index (χ1) is 17.7. The highest BCUT2D eigenvalue weighted by Gasteiger charge is 2.29. The number of rotatable bonds is 5. The summed E-state index contributed by atoms with van der Waals surface area (Å²) in [7, 11) is 1.65. The zero-order valence-electron chi connectivity index (χ0n) is 20.4. The van der Waals surface area contributed by atoms with Crippen LogP contribution in [0.5, 0.6) is 5.75 Å². The maximum Gasteiger partial charge on any atom is 0.223 e. The van der Waals surface area contributed by atoms with Crippen LogP contribution in [-0.2, 0) is 11.2 Å². The molecule has 2 aromatic carbocycles. The van der Waals surface area contributed by atoms with E-state index in [1.54, 1.807) is 11.6 Å². The van der Waals surface area contributed by atoms with Crippen LogP contribution in [0.15, 0.2) is 60.7 Å². The van der Waals surface area contributed by atoms with E-state index >= 15 is 0 Å². The van der Waals surface area contributed by atoms with E-state index in [1.807, 2.05) is 36.4 Å². The number of carbonyl (C=O) groups excluding carboxylic acids is 1. The number of nitrogens with zero attached hydrogens (tertiary/aromatic N) is 5. The number of benzene rings is 2. The second kappa shape index (κ2) is 9.60. The van der Waals surface area contributed by atoms with Crippen molar-refractivity contribution >= 4 is 17.4 Å². The molecule has 8 nitrogen and oxygen atoms in total. The third-order valence-electron chi connectivity index (χ3n) is 7.47. The highest BCUT2D eigenvalue weighted by Crippen LogP contribution is 2.31. The van der Waals surface area contributed by atoms with Crippen LogP contribution in [0.3, 0.4) is 0 Å². The van der Waals surface area contributed by atoms with Gasteiger partial charge in [-0.25, -0.2) is 0 Å². The summed E-state index contributed by atoms with van der Waals surface area (Å²) in [6.45, 7) is 1.58. The molecule has 0 saturated carbocycles. The lowest BCUT2D eigenvalue weighted by Crippen LogP contribution is -2.42. The molecule has 0 spiro atoms. The molecule has 1 saturated heterocycles. The Hall–Kier alpha value is -3.94. The van der Waals surface area contributed by atoms with E-state index in [2.05, 4.69) is 44.7 Å². The maximum absolute atomic E-state index is 13.1. The van der Waals surface area contributed by atoms with E-state index in [0.717, 1.165) is 62.3 Å². The van der Waals surface area contributed by atoms with Crippen molar-refractivity contribution in [2.45, 2.75) is 38.1 Å². The monoisotopic (exact) mass is 482 g/mol. The van der Waals surface area contributed by atoms with Gasteiger partial charge < -0.3 is 15.0 Å². The minimum Gasteiger partial charge on any atom is -0.497 e. The molecule has 0 radical (unpaired) electrons. The topological polar surface area (TPSA) is 84.7 Å². The van der Waals surface area contributed by atoms with Crippen molar-refractivity contribution in [2.75, 3.05) is 25.1 Å². The molecule has 1 aliphatic heterocycles. The molecule has 8 heteroatoms. The molecule has 184 valence electrons. The Bertz CT molecular complexity index is 1370. The average Bonchev–Trinajstić information content (AvgIpc) is 3.37. The van der Waals surface area contributed by atoms with Crippen LogP contribution >= 0.6 is 0 Å². The van der Waals surface area contributed by atoms with Gasteiger partial charge in [0.05, 0.1) is 13.2 Å². The molecule has 6 rings (SSSR count). The number of aromatic nitrogens is 4. The lowest BCUT2D eigenvalue weighted by Gasteiger charge is -2.33. The lowest BCUT2D eigenvalue weighted by molar-refractivity contribution is -0.126. The van der Waals surface area contributed by atoms with E-state index < -0.39 is 0 Å². The summed E-state index contributed by atoms with van der Waals surface area (Å²) >= 11 is 0. The molecule has 2 aromatic heterocycles. The Labute approximate surface area is 210 Å². The number of nitrogens with one attached hydrogen (secondary N) is 1. The van der Waals surface area contributed by atoms with E-state index in [0.29, 0.717) is 11.5 Å². The number of anilines is 1. The normalized spacial score (nSPS) is 18.1. The van der Waals surface area contributed by atoms with Crippen LogP contribution in [0, 0.1) is 5.92 Å². The molecular weight excluding hydrogens is 452 g/mol. The van der Waals surface area contributed by atoms with Gasteiger partial charge in [0.15, 0.2) is 11.5 Å². The van der Waals surface area contributed by atoms with Gasteiger partial charge in [-0.05, 0) is 79.6 Å². The number of piperidine rings is 1. The highest BCUT2D eigenvalue weighted by molar-refractivity contribution is 5.79. The molecule has 1 N–H and O–H groups in total. The van der Waals surface area contributed by atoms with Crippen molar-refractivity contribution < 1.29 is 9.53 Å².